The first kappa shape index (κ1) is 9.09. The fourth-order valence-electron chi connectivity index (χ4n) is 1.92. The van der Waals surface area contributed by atoms with E-state index in [1.54, 1.807) is 0 Å². The summed E-state index contributed by atoms with van der Waals surface area (Å²) in [5.41, 5.74) is 0. The Bertz CT molecular complexity index is 96.2. The average molecular weight is 153 g/mol. The second kappa shape index (κ2) is 4.79. The molecule has 1 aliphatic carbocycles. The highest BCUT2D eigenvalue weighted by atomic mass is 14.4. The van der Waals surface area contributed by atoms with E-state index in [1.807, 2.05) is 0 Å². The fourth-order valence-corrected chi connectivity index (χ4v) is 1.92. The molecule has 0 bridgehead atoms. The van der Waals surface area contributed by atoms with E-state index in [0.29, 0.717) is 0 Å². The highest BCUT2D eigenvalue weighted by Gasteiger charge is 2.33. The Morgan fingerprint density at radius 2 is 2.00 bits per heavy atom. The van der Waals surface area contributed by atoms with Crippen LogP contribution in [0, 0.1) is 18.8 Å². The van der Waals surface area contributed by atoms with E-state index in [-0.39, 0.29) is 0 Å². The van der Waals surface area contributed by atoms with Gasteiger partial charge in [-0.05, 0) is 18.3 Å². The molecule has 0 aliphatic heterocycles. The van der Waals surface area contributed by atoms with Crippen molar-refractivity contribution < 1.29 is 0 Å². The molecule has 1 rings (SSSR count). The predicted molar refractivity (Wildman–Crippen MR) is 50.3 cm³/mol. The average Bonchev–Trinajstić information content (AvgIpc) is 2.77. The molecule has 0 spiro atoms. The van der Waals surface area contributed by atoms with Crippen LogP contribution in [0.1, 0.15) is 51.9 Å². The van der Waals surface area contributed by atoms with Crippen LogP contribution in [-0.4, -0.2) is 0 Å². The van der Waals surface area contributed by atoms with Crippen molar-refractivity contribution in [1.29, 1.82) is 0 Å². The molecule has 1 radical (unpaired) electrons. The first-order valence-corrected chi connectivity index (χ1v) is 5.17. The zero-order valence-electron chi connectivity index (χ0n) is 7.81. The molecule has 0 heterocycles. The molecule has 2 atom stereocenters. The van der Waals surface area contributed by atoms with Gasteiger partial charge < -0.3 is 0 Å². The molecule has 1 fully saturated rings. The molecule has 0 nitrogen and oxygen atoms in total. The van der Waals surface area contributed by atoms with Crippen molar-refractivity contribution in [2.24, 2.45) is 11.8 Å². The van der Waals surface area contributed by atoms with Gasteiger partial charge in [0.05, 0.1) is 0 Å². The summed E-state index contributed by atoms with van der Waals surface area (Å²) in [6.07, 6.45) is 9.78. The van der Waals surface area contributed by atoms with Crippen LogP contribution < -0.4 is 0 Å². The lowest BCUT2D eigenvalue weighted by Gasteiger charge is -1.97. The third-order valence-corrected chi connectivity index (χ3v) is 2.92. The van der Waals surface area contributed by atoms with E-state index in [4.69, 9.17) is 0 Å². The summed E-state index contributed by atoms with van der Waals surface area (Å²) in [6, 6.07) is 0. The normalized spacial score (nSPS) is 28.9. The van der Waals surface area contributed by atoms with E-state index < -0.39 is 0 Å². The van der Waals surface area contributed by atoms with Crippen LogP contribution in [0.4, 0.5) is 0 Å². The summed E-state index contributed by atoms with van der Waals surface area (Å²) in [7, 11) is 0. The fraction of sp³-hybridized carbons (Fsp3) is 0.909. The molecule has 65 valence electrons. The van der Waals surface area contributed by atoms with Crippen molar-refractivity contribution in [1.82, 2.24) is 0 Å². The first-order chi connectivity index (χ1) is 5.38. The minimum atomic E-state index is 1.11. The van der Waals surface area contributed by atoms with Gasteiger partial charge >= 0.3 is 0 Å². The van der Waals surface area contributed by atoms with Gasteiger partial charge in [0, 0.05) is 0 Å². The molecular weight excluding hydrogens is 132 g/mol. The molecule has 0 aromatic rings. The van der Waals surface area contributed by atoms with Crippen LogP contribution in [0.15, 0.2) is 0 Å². The Morgan fingerprint density at radius 1 is 1.18 bits per heavy atom. The third-order valence-electron chi connectivity index (χ3n) is 2.92. The van der Waals surface area contributed by atoms with Crippen molar-refractivity contribution >= 4 is 0 Å². The summed E-state index contributed by atoms with van der Waals surface area (Å²) in [5, 5.41) is 0. The Morgan fingerprint density at radius 3 is 2.55 bits per heavy atom. The minimum Gasteiger partial charge on any atom is -0.0651 e. The monoisotopic (exact) mass is 153 g/mol. The summed E-state index contributed by atoms with van der Waals surface area (Å²) in [4.78, 5) is 0. The maximum absolute atomic E-state index is 3.85. The Hall–Kier alpha value is 0. The molecular formula is C11H21. The number of hydrogen-bond acceptors (Lipinski definition) is 0. The molecule has 1 aliphatic rings. The minimum absolute atomic E-state index is 1.11. The number of hydrogen-bond donors (Lipinski definition) is 0. The lowest BCUT2D eigenvalue weighted by Crippen LogP contribution is -1.82. The first-order valence-electron chi connectivity index (χ1n) is 5.17. The van der Waals surface area contributed by atoms with E-state index in [2.05, 4.69) is 13.8 Å². The molecule has 0 saturated heterocycles. The molecule has 11 heavy (non-hydrogen) atoms. The third kappa shape index (κ3) is 3.27. The second-order valence-electron chi connectivity index (χ2n) is 3.87. The van der Waals surface area contributed by atoms with Crippen molar-refractivity contribution in [3.63, 3.8) is 0 Å². The van der Waals surface area contributed by atoms with Gasteiger partial charge in [-0.2, -0.15) is 0 Å². The lowest BCUT2D eigenvalue weighted by molar-refractivity contribution is 0.567. The van der Waals surface area contributed by atoms with Gasteiger partial charge in [0.1, 0.15) is 0 Å². The molecule has 0 amide bonds. The van der Waals surface area contributed by atoms with E-state index in [1.165, 1.54) is 38.5 Å². The summed E-state index contributed by atoms with van der Waals surface area (Å²) in [6.45, 7) is 6.17. The Balaban J connectivity index is 1.82. The van der Waals surface area contributed by atoms with Gasteiger partial charge in [-0.3, -0.25) is 0 Å². The molecule has 1 saturated carbocycles. The van der Waals surface area contributed by atoms with E-state index in [9.17, 15) is 0 Å². The molecule has 0 heteroatoms. The van der Waals surface area contributed by atoms with E-state index >= 15 is 0 Å². The maximum atomic E-state index is 3.85. The van der Waals surface area contributed by atoms with Crippen molar-refractivity contribution in [2.75, 3.05) is 0 Å². The topological polar surface area (TPSA) is 0 Å². The van der Waals surface area contributed by atoms with Crippen molar-refractivity contribution in [3.8, 4) is 0 Å². The Kier molecular flexibility index (Phi) is 3.96. The quantitative estimate of drug-likeness (QED) is 0.509. The SMILES string of the molecule is [CH2]CCCCCC1CC1CC. The Labute approximate surface area is 71.4 Å². The van der Waals surface area contributed by atoms with Crippen molar-refractivity contribution in [3.05, 3.63) is 6.92 Å². The number of rotatable bonds is 6. The standard InChI is InChI=1S/C11H21/c1-3-5-6-7-8-11-9-10(11)4-2/h10-11H,1,3-9H2,2H3. The summed E-state index contributed by atoms with van der Waals surface area (Å²) in [5.74, 6) is 2.22. The van der Waals surface area contributed by atoms with Crippen LogP contribution in [0.2, 0.25) is 0 Å². The highest BCUT2D eigenvalue weighted by Crippen LogP contribution is 2.44. The van der Waals surface area contributed by atoms with Gasteiger partial charge in [-0.25, -0.2) is 0 Å². The van der Waals surface area contributed by atoms with Crippen LogP contribution >= 0.6 is 0 Å². The predicted octanol–water partition coefficient (Wildman–Crippen LogP) is 3.82. The molecule has 0 N–H and O–H groups in total. The number of unbranched alkanes of at least 4 members (excludes halogenated alkanes) is 3. The van der Waals surface area contributed by atoms with Gasteiger partial charge in [-0.1, -0.05) is 52.4 Å². The van der Waals surface area contributed by atoms with Gasteiger partial charge in [-0.15, -0.1) is 0 Å². The van der Waals surface area contributed by atoms with Gasteiger partial charge in [0.25, 0.3) is 0 Å². The zero-order chi connectivity index (χ0) is 8.10. The van der Waals surface area contributed by atoms with Gasteiger partial charge in [0.2, 0.25) is 0 Å². The highest BCUT2D eigenvalue weighted by molar-refractivity contribution is 4.84. The van der Waals surface area contributed by atoms with Crippen LogP contribution in [0.25, 0.3) is 0 Å². The van der Waals surface area contributed by atoms with Crippen LogP contribution in [-0.2, 0) is 0 Å². The molecule has 0 aromatic heterocycles. The lowest BCUT2D eigenvalue weighted by atomic mass is 10.1. The second-order valence-corrected chi connectivity index (χ2v) is 3.87. The summed E-state index contributed by atoms with van der Waals surface area (Å²) < 4.78 is 0. The largest absolute Gasteiger partial charge is 0.0651 e. The zero-order valence-corrected chi connectivity index (χ0v) is 7.81. The molecule has 0 aromatic carbocycles. The van der Waals surface area contributed by atoms with Crippen molar-refractivity contribution in [2.45, 2.75) is 51.9 Å². The van der Waals surface area contributed by atoms with E-state index in [0.717, 1.165) is 18.3 Å². The van der Waals surface area contributed by atoms with Crippen LogP contribution in [0.5, 0.6) is 0 Å². The van der Waals surface area contributed by atoms with Gasteiger partial charge in [0.15, 0.2) is 0 Å². The molecule has 2 unspecified atom stereocenters. The van der Waals surface area contributed by atoms with Crippen LogP contribution in [0.3, 0.4) is 0 Å². The summed E-state index contributed by atoms with van der Waals surface area (Å²) >= 11 is 0. The maximum Gasteiger partial charge on any atom is -0.0383 e. The smallest absolute Gasteiger partial charge is 0.0383 e.